The number of thioether (sulfide) groups is 1. The van der Waals surface area contributed by atoms with Crippen LogP contribution in [0, 0.1) is 0 Å². The first-order valence-corrected chi connectivity index (χ1v) is 8.76. The SMILES string of the molecule is COc1ccc(NC(C)=O)cc1NC(=O)COc1ccc(SC)cc1. The van der Waals surface area contributed by atoms with Gasteiger partial charge >= 0.3 is 0 Å². The van der Waals surface area contributed by atoms with Crippen LogP contribution in [0.2, 0.25) is 0 Å². The van der Waals surface area contributed by atoms with Crippen LogP contribution in [0.15, 0.2) is 47.4 Å². The number of nitrogens with one attached hydrogen (secondary N) is 2. The molecule has 0 aliphatic heterocycles. The average Bonchev–Trinajstić information content (AvgIpc) is 2.60. The predicted molar refractivity (Wildman–Crippen MR) is 99.6 cm³/mol. The zero-order valence-electron chi connectivity index (χ0n) is 14.3. The number of hydrogen-bond acceptors (Lipinski definition) is 5. The van der Waals surface area contributed by atoms with E-state index in [1.54, 1.807) is 30.0 Å². The molecule has 2 amide bonds. The van der Waals surface area contributed by atoms with Crippen LogP contribution in [0.1, 0.15) is 6.92 Å². The van der Waals surface area contributed by atoms with Crippen LogP contribution < -0.4 is 20.1 Å². The first kappa shape index (κ1) is 18.7. The van der Waals surface area contributed by atoms with E-state index in [0.29, 0.717) is 22.9 Å². The summed E-state index contributed by atoms with van der Waals surface area (Å²) in [5, 5.41) is 5.38. The summed E-state index contributed by atoms with van der Waals surface area (Å²) in [5.74, 6) is 0.588. The summed E-state index contributed by atoms with van der Waals surface area (Å²) in [4.78, 5) is 24.4. The fraction of sp³-hybridized carbons (Fsp3) is 0.222. The maximum absolute atomic E-state index is 12.1. The number of anilines is 2. The third-order valence-electron chi connectivity index (χ3n) is 3.22. The van der Waals surface area contributed by atoms with Crippen LogP contribution in [0.25, 0.3) is 0 Å². The highest BCUT2D eigenvalue weighted by Gasteiger charge is 2.10. The Labute approximate surface area is 150 Å². The van der Waals surface area contributed by atoms with Gasteiger partial charge in [0.25, 0.3) is 5.91 Å². The van der Waals surface area contributed by atoms with E-state index in [1.165, 1.54) is 14.0 Å². The summed E-state index contributed by atoms with van der Waals surface area (Å²) >= 11 is 1.63. The Morgan fingerprint density at radius 2 is 1.80 bits per heavy atom. The summed E-state index contributed by atoms with van der Waals surface area (Å²) < 4.78 is 10.7. The van der Waals surface area contributed by atoms with E-state index in [4.69, 9.17) is 9.47 Å². The lowest BCUT2D eigenvalue weighted by Gasteiger charge is -2.13. The standard InChI is InChI=1S/C18H20N2O4S/c1-12(21)19-13-4-9-17(23-2)16(10-13)20-18(22)11-24-14-5-7-15(25-3)8-6-14/h4-10H,11H2,1-3H3,(H,19,21)(H,20,22). The summed E-state index contributed by atoms with van der Waals surface area (Å²) in [6.07, 6.45) is 1.99. The molecule has 0 aliphatic carbocycles. The number of ether oxygens (including phenoxy) is 2. The van der Waals surface area contributed by atoms with Gasteiger partial charge in [-0.15, -0.1) is 11.8 Å². The van der Waals surface area contributed by atoms with E-state index in [9.17, 15) is 9.59 Å². The van der Waals surface area contributed by atoms with Gasteiger partial charge in [0.1, 0.15) is 11.5 Å². The molecule has 0 fully saturated rings. The molecule has 25 heavy (non-hydrogen) atoms. The molecule has 2 aromatic carbocycles. The summed E-state index contributed by atoms with van der Waals surface area (Å²) in [6.45, 7) is 1.28. The maximum Gasteiger partial charge on any atom is 0.262 e. The van der Waals surface area contributed by atoms with Crippen molar-refractivity contribution in [2.45, 2.75) is 11.8 Å². The Morgan fingerprint density at radius 3 is 2.40 bits per heavy atom. The Morgan fingerprint density at radius 1 is 1.08 bits per heavy atom. The van der Waals surface area contributed by atoms with Crippen LogP contribution >= 0.6 is 11.8 Å². The Hall–Kier alpha value is -2.67. The number of carbonyl (C=O) groups is 2. The molecule has 0 atom stereocenters. The van der Waals surface area contributed by atoms with Crippen LogP contribution in [0.5, 0.6) is 11.5 Å². The van der Waals surface area contributed by atoms with E-state index in [1.807, 2.05) is 30.5 Å². The highest BCUT2D eigenvalue weighted by atomic mass is 32.2. The third-order valence-corrected chi connectivity index (χ3v) is 3.97. The maximum atomic E-state index is 12.1. The number of benzene rings is 2. The van der Waals surface area contributed by atoms with Crippen molar-refractivity contribution in [1.82, 2.24) is 0 Å². The van der Waals surface area contributed by atoms with Crippen LogP contribution in [-0.2, 0) is 9.59 Å². The topological polar surface area (TPSA) is 76.7 Å². The first-order valence-electron chi connectivity index (χ1n) is 7.54. The van der Waals surface area contributed by atoms with E-state index < -0.39 is 0 Å². The summed E-state index contributed by atoms with van der Waals surface area (Å²) in [7, 11) is 1.51. The highest BCUT2D eigenvalue weighted by Crippen LogP contribution is 2.28. The number of carbonyl (C=O) groups excluding carboxylic acids is 2. The molecule has 0 radical (unpaired) electrons. The van der Waals surface area contributed by atoms with E-state index in [-0.39, 0.29) is 18.4 Å². The van der Waals surface area contributed by atoms with Crippen LogP contribution in [0.3, 0.4) is 0 Å². The van der Waals surface area contributed by atoms with Gasteiger partial charge in [0.2, 0.25) is 5.91 Å². The molecule has 2 rings (SSSR count). The van der Waals surface area contributed by atoms with Crippen molar-refractivity contribution in [1.29, 1.82) is 0 Å². The van der Waals surface area contributed by atoms with Crippen molar-refractivity contribution in [2.75, 3.05) is 30.6 Å². The lowest BCUT2D eigenvalue weighted by Crippen LogP contribution is -2.20. The normalized spacial score (nSPS) is 10.0. The van der Waals surface area contributed by atoms with Gasteiger partial charge in [-0.05, 0) is 48.7 Å². The lowest BCUT2D eigenvalue weighted by atomic mass is 10.2. The average molecular weight is 360 g/mol. The van der Waals surface area contributed by atoms with Crippen molar-refractivity contribution in [3.05, 3.63) is 42.5 Å². The molecule has 0 aromatic heterocycles. The van der Waals surface area contributed by atoms with Gasteiger partial charge in [-0.25, -0.2) is 0 Å². The summed E-state index contributed by atoms with van der Waals surface area (Å²) in [6, 6.07) is 12.5. The van der Waals surface area contributed by atoms with Crippen molar-refractivity contribution in [2.24, 2.45) is 0 Å². The molecule has 0 saturated carbocycles. The van der Waals surface area contributed by atoms with Gasteiger partial charge in [0.15, 0.2) is 6.61 Å². The minimum atomic E-state index is -0.327. The van der Waals surface area contributed by atoms with E-state index in [0.717, 1.165) is 4.90 Å². The molecule has 0 aliphatic rings. The molecular weight excluding hydrogens is 340 g/mol. The van der Waals surface area contributed by atoms with Crippen molar-refractivity contribution < 1.29 is 19.1 Å². The number of methoxy groups -OCH3 is 1. The predicted octanol–water partition coefficient (Wildman–Crippen LogP) is 3.39. The molecule has 2 aromatic rings. The number of rotatable bonds is 7. The Kier molecular flexibility index (Phi) is 6.71. The highest BCUT2D eigenvalue weighted by molar-refractivity contribution is 7.98. The molecule has 7 heteroatoms. The van der Waals surface area contributed by atoms with Gasteiger partial charge in [0, 0.05) is 17.5 Å². The molecule has 0 saturated heterocycles. The Bertz CT molecular complexity index is 747. The van der Waals surface area contributed by atoms with E-state index >= 15 is 0 Å². The number of amides is 2. The van der Waals surface area contributed by atoms with Gasteiger partial charge in [-0.3, -0.25) is 9.59 Å². The van der Waals surface area contributed by atoms with Crippen molar-refractivity contribution in [3.63, 3.8) is 0 Å². The Balaban J connectivity index is 1.99. The minimum absolute atomic E-state index is 0.133. The second-order valence-corrected chi connectivity index (χ2v) is 5.99. The lowest BCUT2D eigenvalue weighted by molar-refractivity contribution is -0.118. The van der Waals surface area contributed by atoms with Crippen molar-refractivity contribution in [3.8, 4) is 11.5 Å². The van der Waals surface area contributed by atoms with Gasteiger partial charge in [-0.1, -0.05) is 0 Å². The van der Waals surface area contributed by atoms with Crippen LogP contribution in [-0.4, -0.2) is 31.8 Å². The summed E-state index contributed by atoms with van der Waals surface area (Å²) in [5.41, 5.74) is 1.03. The minimum Gasteiger partial charge on any atom is -0.495 e. The molecular formula is C18H20N2O4S. The first-order chi connectivity index (χ1) is 12.0. The zero-order valence-corrected chi connectivity index (χ0v) is 15.1. The fourth-order valence-electron chi connectivity index (χ4n) is 2.09. The fourth-order valence-corrected chi connectivity index (χ4v) is 2.50. The smallest absolute Gasteiger partial charge is 0.262 e. The second kappa shape index (κ2) is 8.98. The molecule has 132 valence electrons. The van der Waals surface area contributed by atoms with Gasteiger partial charge in [-0.2, -0.15) is 0 Å². The second-order valence-electron chi connectivity index (χ2n) is 5.11. The molecule has 0 spiro atoms. The molecule has 0 heterocycles. The van der Waals surface area contributed by atoms with Crippen molar-refractivity contribution >= 4 is 35.0 Å². The molecule has 6 nitrogen and oxygen atoms in total. The van der Waals surface area contributed by atoms with E-state index in [2.05, 4.69) is 10.6 Å². The van der Waals surface area contributed by atoms with Gasteiger partial charge in [0.05, 0.1) is 12.8 Å². The van der Waals surface area contributed by atoms with Gasteiger partial charge < -0.3 is 20.1 Å². The third kappa shape index (κ3) is 5.72. The molecule has 2 N–H and O–H groups in total. The number of hydrogen-bond donors (Lipinski definition) is 2. The largest absolute Gasteiger partial charge is 0.495 e. The molecule has 0 bridgehead atoms. The molecule has 0 unspecified atom stereocenters. The zero-order chi connectivity index (χ0) is 18.2. The quantitative estimate of drug-likeness (QED) is 0.740. The monoisotopic (exact) mass is 360 g/mol. The van der Waals surface area contributed by atoms with Crippen LogP contribution in [0.4, 0.5) is 11.4 Å².